The maximum Gasteiger partial charge on any atom is 0.227 e. The van der Waals surface area contributed by atoms with Crippen molar-refractivity contribution >= 4 is 38.9 Å². The lowest BCUT2D eigenvalue weighted by Gasteiger charge is -2.64. The van der Waals surface area contributed by atoms with Gasteiger partial charge in [-0.15, -0.1) is 11.3 Å². The molecule has 3 aromatic rings. The van der Waals surface area contributed by atoms with E-state index in [1.54, 1.807) is 17.4 Å². The number of halogens is 1. The molecule has 3 N–H and O–H groups in total. The Balaban J connectivity index is 1.15. The highest BCUT2D eigenvalue weighted by Gasteiger charge is 2.73. The predicted octanol–water partition coefficient (Wildman–Crippen LogP) is 5.11. The van der Waals surface area contributed by atoms with Crippen LogP contribution in [0.3, 0.4) is 0 Å². The van der Waals surface area contributed by atoms with Crippen LogP contribution in [0.4, 0.5) is 0 Å². The van der Waals surface area contributed by atoms with Crippen molar-refractivity contribution in [2.24, 2.45) is 5.92 Å². The minimum atomic E-state index is -0.954. The lowest BCUT2D eigenvalue weighted by Crippen LogP contribution is -2.78. The molecular formula is C31H33ClN2O4S. The standard InChI is InChI=1S/C31H33ClN2O4S/c1-16(21-15-39-24-7-5-19(32)13-20(21)24)29(36)33-22-8-9-31(37)25-12-18-4-6-23(35)27-26(18)30(31,28(22)38-27)10-11-34(25)14-17-2-3-17/h4-7,13,15-17,22,25,28,35,37H,2-3,8-12,14H2,1H3,(H,33,36)/t16?,22?,25-,28?,30+,31-/m1/s1. The molecule has 2 aromatic carbocycles. The van der Waals surface area contributed by atoms with E-state index in [1.807, 2.05) is 31.2 Å². The molecule has 39 heavy (non-hydrogen) atoms. The maximum absolute atomic E-state index is 13.7. The Kier molecular flexibility index (Phi) is 5.24. The predicted molar refractivity (Wildman–Crippen MR) is 152 cm³/mol. The maximum atomic E-state index is 13.7. The van der Waals surface area contributed by atoms with Crippen LogP contribution in [0.5, 0.6) is 11.5 Å². The van der Waals surface area contributed by atoms with Crippen LogP contribution in [0.15, 0.2) is 35.7 Å². The molecule has 6 nitrogen and oxygen atoms in total. The van der Waals surface area contributed by atoms with E-state index in [2.05, 4.69) is 15.6 Å². The van der Waals surface area contributed by atoms with E-state index >= 15 is 0 Å². The minimum Gasteiger partial charge on any atom is -0.504 e. The van der Waals surface area contributed by atoms with Crippen molar-refractivity contribution in [3.05, 3.63) is 57.4 Å². The number of thiophene rings is 1. The molecule has 0 radical (unpaired) electrons. The first-order valence-corrected chi connectivity index (χ1v) is 15.5. The fraction of sp³-hybridized carbons (Fsp3) is 0.516. The quantitative estimate of drug-likeness (QED) is 0.401. The Hall–Kier alpha value is -2.32. The molecular weight excluding hydrogens is 532 g/mol. The van der Waals surface area contributed by atoms with Gasteiger partial charge in [0.1, 0.15) is 6.10 Å². The summed E-state index contributed by atoms with van der Waals surface area (Å²) in [4.78, 5) is 16.3. The van der Waals surface area contributed by atoms with Crippen LogP contribution in [0.1, 0.15) is 61.6 Å². The van der Waals surface area contributed by atoms with Crippen LogP contribution in [-0.2, 0) is 16.6 Å². The molecule has 8 rings (SSSR count). The number of carbonyl (C=O) groups excluding carboxylic acids is 1. The number of aromatic hydroxyl groups is 1. The average molecular weight is 565 g/mol. The highest BCUT2D eigenvalue weighted by molar-refractivity contribution is 7.17. The number of hydrogen-bond acceptors (Lipinski definition) is 6. The zero-order chi connectivity index (χ0) is 26.7. The summed E-state index contributed by atoms with van der Waals surface area (Å²) < 4.78 is 7.73. The summed E-state index contributed by atoms with van der Waals surface area (Å²) in [5.74, 6) is 0.971. The van der Waals surface area contributed by atoms with Crippen LogP contribution >= 0.6 is 22.9 Å². The summed E-state index contributed by atoms with van der Waals surface area (Å²) in [6, 6.07) is 9.33. The van der Waals surface area contributed by atoms with Crippen molar-refractivity contribution in [2.75, 3.05) is 13.1 Å². The molecule has 5 aliphatic rings. The molecule has 3 heterocycles. The van der Waals surface area contributed by atoms with E-state index < -0.39 is 17.1 Å². The molecule has 8 heteroatoms. The molecule has 3 aliphatic carbocycles. The van der Waals surface area contributed by atoms with Crippen molar-refractivity contribution in [1.29, 1.82) is 0 Å². The second kappa shape index (κ2) is 8.35. The van der Waals surface area contributed by atoms with Gasteiger partial charge in [-0.1, -0.05) is 17.7 Å². The number of phenols is 1. The van der Waals surface area contributed by atoms with Gasteiger partial charge in [0.15, 0.2) is 11.5 Å². The molecule has 2 saturated carbocycles. The van der Waals surface area contributed by atoms with Gasteiger partial charge in [0.2, 0.25) is 5.91 Å². The summed E-state index contributed by atoms with van der Waals surface area (Å²) in [6.45, 7) is 3.89. The summed E-state index contributed by atoms with van der Waals surface area (Å²) in [6.07, 6.45) is 4.91. The van der Waals surface area contributed by atoms with E-state index in [4.69, 9.17) is 16.3 Å². The number of rotatable bonds is 5. The third kappa shape index (κ3) is 3.30. The molecule has 1 spiro atoms. The molecule has 3 fully saturated rings. The van der Waals surface area contributed by atoms with Gasteiger partial charge in [0.05, 0.1) is 23.0 Å². The second-order valence-electron chi connectivity index (χ2n) is 12.5. The molecule has 3 unspecified atom stereocenters. The Morgan fingerprint density at radius 2 is 2.10 bits per heavy atom. The lowest BCUT2D eigenvalue weighted by atomic mass is 9.48. The number of nitrogens with zero attached hydrogens (tertiary/aromatic N) is 1. The zero-order valence-corrected chi connectivity index (χ0v) is 23.5. The van der Waals surface area contributed by atoms with E-state index in [-0.39, 0.29) is 29.7 Å². The molecule has 6 atom stereocenters. The molecule has 1 saturated heterocycles. The number of likely N-dealkylation sites (tertiary alicyclic amines) is 1. The summed E-state index contributed by atoms with van der Waals surface area (Å²) >= 11 is 7.90. The number of ether oxygens (including phenoxy) is 1. The number of nitrogens with one attached hydrogen (secondary N) is 1. The number of benzene rings is 2. The first kappa shape index (κ1) is 24.5. The largest absolute Gasteiger partial charge is 0.504 e. The molecule has 2 aliphatic heterocycles. The number of fused-ring (bicyclic) bond motifs is 1. The number of aliphatic hydroxyl groups is 1. The van der Waals surface area contributed by atoms with E-state index in [9.17, 15) is 15.0 Å². The lowest BCUT2D eigenvalue weighted by molar-refractivity contribution is -0.192. The SMILES string of the molecule is CC(C(=O)NC1CC[C@@]2(O)[C@H]3Cc4ccc(O)c5c4[C@@]2(CCN3CC2CC2)C1O5)c1csc2ccc(Cl)cc12. The highest BCUT2D eigenvalue weighted by atomic mass is 35.5. The monoisotopic (exact) mass is 564 g/mol. The van der Waals surface area contributed by atoms with Crippen LogP contribution in [-0.4, -0.2) is 57.9 Å². The van der Waals surface area contributed by atoms with Crippen LogP contribution in [0, 0.1) is 5.92 Å². The first-order chi connectivity index (χ1) is 18.8. The van der Waals surface area contributed by atoms with Gasteiger partial charge >= 0.3 is 0 Å². The summed E-state index contributed by atoms with van der Waals surface area (Å²) in [7, 11) is 0. The van der Waals surface area contributed by atoms with Crippen LogP contribution < -0.4 is 10.1 Å². The highest BCUT2D eigenvalue weighted by Crippen LogP contribution is 2.65. The number of phenolic OH excluding ortho intramolecular Hbond substituents is 1. The molecule has 2 bridgehead atoms. The Labute approximate surface area is 236 Å². The second-order valence-corrected chi connectivity index (χ2v) is 13.8. The van der Waals surface area contributed by atoms with E-state index in [0.717, 1.165) is 53.1 Å². The van der Waals surface area contributed by atoms with Crippen molar-refractivity contribution in [1.82, 2.24) is 10.2 Å². The van der Waals surface area contributed by atoms with E-state index in [1.165, 1.54) is 18.4 Å². The van der Waals surface area contributed by atoms with Gasteiger partial charge in [-0.3, -0.25) is 9.69 Å². The Morgan fingerprint density at radius 1 is 1.26 bits per heavy atom. The van der Waals surface area contributed by atoms with Crippen LogP contribution in [0.25, 0.3) is 10.1 Å². The zero-order valence-electron chi connectivity index (χ0n) is 22.0. The third-order valence-corrected chi connectivity index (χ3v) is 11.7. The van der Waals surface area contributed by atoms with Gasteiger partial charge in [0, 0.05) is 27.9 Å². The summed E-state index contributed by atoms with van der Waals surface area (Å²) in [5.41, 5.74) is 1.54. The van der Waals surface area contributed by atoms with Crippen molar-refractivity contribution in [2.45, 2.75) is 80.6 Å². The van der Waals surface area contributed by atoms with Gasteiger partial charge in [0.25, 0.3) is 0 Å². The first-order valence-electron chi connectivity index (χ1n) is 14.3. The number of carbonyl (C=O) groups is 1. The average Bonchev–Trinajstić information content (AvgIpc) is 3.52. The third-order valence-electron chi connectivity index (χ3n) is 10.5. The fourth-order valence-electron chi connectivity index (χ4n) is 8.43. The van der Waals surface area contributed by atoms with Gasteiger partial charge < -0.3 is 20.3 Å². The number of hydrogen-bond donors (Lipinski definition) is 3. The smallest absolute Gasteiger partial charge is 0.227 e. The topological polar surface area (TPSA) is 82.0 Å². The number of piperidine rings is 1. The van der Waals surface area contributed by atoms with Gasteiger partial charge in [-0.2, -0.15) is 0 Å². The normalized spacial score (nSPS) is 33.5. The molecule has 204 valence electrons. The molecule has 1 aromatic heterocycles. The van der Waals surface area contributed by atoms with Crippen molar-refractivity contribution in [3.63, 3.8) is 0 Å². The van der Waals surface area contributed by atoms with Gasteiger partial charge in [-0.25, -0.2) is 0 Å². The van der Waals surface area contributed by atoms with Crippen molar-refractivity contribution in [3.8, 4) is 11.5 Å². The van der Waals surface area contributed by atoms with Gasteiger partial charge in [-0.05, 0) is 104 Å². The Bertz CT molecular complexity index is 1520. The Morgan fingerprint density at radius 3 is 2.92 bits per heavy atom. The fourth-order valence-corrected chi connectivity index (χ4v) is 9.64. The van der Waals surface area contributed by atoms with Crippen LogP contribution in [0.2, 0.25) is 5.02 Å². The number of amides is 1. The molecule has 1 amide bonds. The van der Waals surface area contributed by atoms with E-state index in [0.29, 0.717) is 23.6 Å². The summed E-state index contributed by atoms with van der Waals surface area (Å²) in [5, 5.41) is 30.6. The van der Waals surface area contributed by atoms with Crippen molar-refractivity contribution < 1.29 is 19.7 Å². The minimum absolute atomic E-state index is 0.0263.